The van der Waals surface area contributed by atoms with Gasteiger partial charge in [-0.2, -0.15) is 0 Å². The summed E-state index contributed by atoms with van der Waals surface area (Å²) in [7, 11) is 1.77. The highest BCUT2D eigenvalue weighted by Gasteiger charge is 2.22. The van der Waals surface area contributed by atoms with Crippen LogP contribution in [0, 0.1) is 0 Å². The van der Waals surface area contributed by atoms with Crippen molar-refractivity contribution in [2.45, 2.75) is 46.2 Å². The Bertz CT molecular complexity index is 759. The molecule has 1 aromatic heterocycles. The molecule has 1 aromatic carbocycles. The molecule has 0 fully saturated rings. The number of unbranched alkanes of at least 4 members (excludes halogenated alkanes) is 1. The maximum absolute atomic E-state index is 13.0. The summed E-state index contributed by atoms with van der Waals surface area (Å²) in [4.78, 5) is 33.4. The van der Waals surface area contributed by atoms with E-state index in [0.717, 1.165) is 18.4 Å². The first-order valence-electron chi connectivity index (χ1n) is 9.51. The van der Waals surface area contributed by atoms with Crippen molar-refractivity contribution in [1.29, 1.82) is 0 Å². The summed E-state index contributed by atoms with van der Waals surface area (Å²) in [5.74, 6) is -0.322. The third-order valence-corrected chi connectivity index (χ3v) is 4.46. The van der Waals surface area contributed by atoms with E-state index in [4.69, 9.17) is 0 Å². The highest BCUT2D eigenvalue weighted by molar-refractivity contribution is 5.96. The standard InChI is InChI=1S/C22H29N3O2/c1-5-6-15-24(4)21(26)19-13-10-14-20(23-19)22(27)25(17(2)3)16-18-11-8-7-9-12-18/h7-14,17H,5-6,15-16H2,1-4H3. The molecule has 27 heavy (non-hydrogen) atoms. The number of carbonyl (C=O) groups excluding carboxylic acids is 2. The zero-order valence-corrected chi connectivity index (χ0v) is 16.7. The van der Waals surface area contributed by atoms with E-state index in [9.17, 15) is 9.59 Å². The van der Waals surface area contributed by atoms with Crippen LogP contribution in [0.3, 0.4) is 0 Å². The fraction of sp³-hybridized carbons (Fsp3) is 0.409. The summed E-state index contributed by atoms with van der Waals surface area (Å²) in [6.45, 7) is 7.24. The number of pyridine rings is 1. The molecule has 5 nitrogen and oxygen atoms in total. The highest BCUT2D eigenvalue weighted by atomic mass is 16.2. The summed E-state index contributed by atoms with van der Waals surface area (Å²) in [5.41, 5.74) is 1.67. The number of amides is 2. The van der Waals surface area contributed by atoms with Gasteiger partial charge in [0, 0.05) is 26.2 Å². The van der Waals surface area contributed by atoms with Crippen molar-refractivity contribution in [3.05, 3.63) is 65.5 Å². The van der Waals surface area contributed by atoms with E-state index in [1.807, 2.05) is 44.2 Å². The Morgan fingerprint density at radius 2 is 1.59 bits per heavy atom. The van der Waals surface area contributed by atoms with Crippen molar-refractivity contribution >= 4 is 11.8 Å². The minimum atomic E-state index is -0.167. The maximum Gasteiger partial charge on any atom is 0.273 e. The Hall–Kier alpha value is -2.69. The summed E-state index contributed by atoms with van der Waals surface area (Å²) >= 11 is 0. The minimum Gasteiger partial charge on any atom is -0.340 e. The molecule has 0 aliphatic rings. The van der Waals surface area contributed by atoms with Gasteiger partial charge < -0.3 is 9.80 Å². The van der Waals surface area contributed by atoms with E-state index in [0.29, 0.717) is 24.5 Å². The van der Waals surface area contributed by atoms with Crippen LogP contribution in [0.5, 0.6) is 0 Å². The average Bonchev–Trinajstić information content (AvgIpc) is 2.69. The van der Waals surface area contributed by atoms with E-state index in [1.54, 1.807) is 35.0 Å². The van der Waals surface area contributed by atoms with E-state index < -0.39 is 0 Å². The van der Waals surface area contributed by atoms with E-state index in [-0.39, 0.29) is 17.9 Å². The quantitative estimate of drug-likeness (QED) is 0.708. The Morgan fingerprint density at radius 1 is 0.963 bits per heavy atom. The molecular weight excluding hydrogens is 338 g/mol. The summed E-state index contributed by atoms with van der Waals surface area (Å²) in [6, 6.07) is 15.0. The van der Waals surface area contributed by atoms with Gasteiger partial charge in [-0.1, -0.05) is 49.7 Å². The number of carbonyl (C=O) groups is 2. The van der Waals surface area contributed by atoms with Gasteiger partial charge in [0.25, 0.3) is 11.8 Å². The minimum absolute atomic E-state index is 0.0195. The fourth-order valence-corrected chi connectivity index (χ4v) is 2.78. The molecule has 0 atom stereocenters. The van der Waals surface area contributed by atoms with Crippen molar-refractivity contribution in [3.8, 4) is 0 Å². The third-order valence-electron chi connectivity index (χ3n) is 4.46. The molecule has 0 bridgehead atoms. The van der Waals surface area contributed by atoms with E-state index >= 15 is 0 Å². The molecule has 144 valence electrons. The van der Waals surface area contributed by atoms with Gasteiger partial charge in [-0.25, -0.2) is 4.98 Å². The molecule has 0 radical (unpaired) electrons. The molecular formula is C22H29N3O2. The third kappa shape index (κ3) is 5.64. The Kier molecular flexibility index (Phi) is 7.53. The van der Waals surface area contributed by atoms with Crippen LogP contribution in [0.25, 0.3) is 0 Å². The van der Waals surface area contributed by atoms with Gasteiger partial charge in [0.1, 0.15) is 11.4 Å². The van der Waals surface area contributed by atoms with Crippen molar-refractivity contribution in [2.75, 3.05) is 13.6 Å². The molecule has 2 rings (SSSR count). The summed E-state index contributed by atoms with van der Waals surface area (Å²) in [5, 5.41) is 0. The lowest BCUT2D eigenvalue weighted by Crippen LogP contribution is -2.37. The number of hydrogen-bond donors (Lipinski definition) is 0. The van der Waals surface area contributed by atoms with Gasteiger partial charge in [-0.15, -0.1) is 0 Å². The Morgan fingerprint density at radius 3 is 2.19 bits per heavy atom. The molecule has 0 N–H and O–H groups in total. The Balaban J connectivity index is 2.20. The van der Waals surface area contributed by atoms with Crippen LogP contribution in [0.1, 0.15) is 60.2 Å². The van der Waals surface area contributed by atoms with Gasteiger partial charge in [0.2, 0.25) is 0 Å². The lowest BCUT2D eigenvalue weighted by molar-refractivity contribution is 0.0683. The molecule has 2 aromatic rings. The van der Waals surface area contributed by atoms with Crippen LogP contribution in [0.2, 0.25) is 0 Å². The molecule has 0 saturated carbocycles. The lowest BCUT2D eigenvalue weighted by atomic mass is 10.1. The average molecular weight is 367 g/mol. The number of nitrogens with zero attached hydrogens (tertiary/aromatic N) is 3. The molecule has 2 amide bonds. The van der Waals surface area contributed by atoms with Gasteiger partial charge in [-0.3, -0.25) is 9.59 Å². The first-order valence-corrected chi connectivity index (χ1v) is 9.51. The first kappa shape index (κ1) is 20.6. The zero-order chi connectivity index (χ0) is 19.8. The maximum atomic E-state index is 13.0. The van der Waals surface area contributed by atoms with Crippen LogP contribution in [-0.2, 0) is 6.54 Å². The van der Waals surface area contributed by atoms with Gasteiger partial charge in [0.05, 0.1) is 0 Å². The molecule has 0 aliphatic carbocycles. The van der Waals surface area contributed by atoms with Crippen molar-refractivity contribution < 1.29 is 9.59 Å². The van der Waals surface area contributed by atoms with E-state index in [1.165, 1.54) is 0 Å². The zero-order valence-electron chi connectivity index (χ0n) is 16.7. The monoisotopic (exact) mass is 367 g/mol. The molecule has 0 unspecified atom stereocenters. The van der Waals surface area contributed by atoms with Crippen molar-refractivity contribution in [1.82, 2.24) is 14.8 Å². The highest BCUT2D eigenvalue weighted by Crippen LogP contribution is 2.13. The number of rotatable bonds is 8. The fourth-order valence-electron chi connectivity index (χ4n) is 2.78. The van der Waals surface area contributed by atoms with Crippen LogP contribution in [0.15, 0.2) is 48.5 Å². The van der Waals surface area contributed by atoms with Crippen molar-refractivity contribution in [3.63, 3.8) is 0 Å². The second kappa shape index (κ2) is 9.86. The van der Waals surface area contributed by atoms with Crippen LogP contribution in [-0.4, -0.2) is 46.2 Å². The summed E-state index contributed by atoms with van der Waals surface area (Å²) < 4.78 is 0. The van der Waals surface area contributed by atoms with Crippen LogP contribution in [0.4, 0.5) is 0 Å². The van der Waals surface area contributed by atoms with E-state index in [2.05, 4.69) is 11.9 Å². The number of hydrogen-bond acceptors (Lipinski definition) is 3. The van der Waals surface area contributed by atoms with Gasteiger partial charge in [-0.05, 0) is 38.0 Å². The normalized spacial score (nSPS) is 10.7. The largest absolute Gasteiger partial charge is 0.340 e. The Labute approximate surface area is 162 Å². The number of aromatic nitrogens is 1. The second-order valence-corrected chi connectivity index (χ2v) is 7.00. The van der Waals surface area contributed by atoms with Gasteiger partial charge in [0.15, 0.2) is 0 Å². The molecule has 1 heterocycles. The molecule has 0 spiro atoms. The molecule has 5 heteroatoms. The second-order valence-electron chi connectivity index (χ2n) is 7.00. The predicted octanol–water partition coefficient (Wildman–Crippen LogP) is 4.00. The molecule has 0 aliphatic heterocycles. The van der Waals surface area contributed by atoms with Crippen LogP contribution >= 0.6 is 0 Å². The topological polar surface area (TPSA) is 53.5 Å². The first-order chi connectivity index (χ1) is 12.9. The molecule has 0 saturated heterocycles. The summed E-state index contributed by atoms with van der Waals surface area (Å²) in [6.07, 6.45) is 1.96. The van der Waals surface area contributed by atoms with Crippen molar-refractivity contribution in [2.24, 2.45) is 0 Å². The van der Waals surface area contributed by atoms with Crippen LogP contribution < -0.4 is 0 Å². The van der Waals surface area contributed by atoms with Gasteiger partial charge >= 0.3 is 0 Å². The smallest absolute Gasteiger partial charge is 0.273 e. The number of benzene rings is 1. The SMILES string of the molecule is CCCCN(C)C(=O)c1cccc(C(=O)N(Cc2ccccc2)C(C)C)n1. The lowest BCUT2D eigenvalue weighted by Gasteiger charge is -2.27. The predicted molar refractivity (Wildman–Crippen MR) is 108 cm³/mol.